The van der Waals surface area contributed by atoms with Crippen LogP contribution in [0.3, 0.4) is 0 Å². The number of likely N-dealkylation sites (N-methyl/N-ethyl adjacent to an activating group) is 1. The van der Waals surface area contributed by atoms with E-state index in [1.165, 1.54) is 22.0 Å². The number of allylic oxidation sites excluding steroid dienone is 1. The van der Waals surface area contributed by atoms with Crippen molar-refractivity contribution in [3.63, 3.8) is 0 Å². The van der Waals surface area contributed by atoms with E-state index in [2.05, 4.69) is 60.8 Å². The maximum absolute atomic E-state index is 3.99. The molecule has 0 atom stereocenters. The molecule has 1 aromatic heterocycles. The molecule has 2 nitrogen and oxygen atoms in total. The van der Waals surface area contributed by atoms with E-state index in [9.17, 15) is 0 Å². The predicted molar refractivity (Wildman–Crippen MR) is 83.6 cm³/mol. The van der Waals surface area contributed by atoms with Crippen molar-refractivity contribution >= 4 is 10.9 Å². The van der Waals surface area contributed by atoms with Crippen LogP contribution in [0.25, 0.3) is 10.9 Å². The Labute approximate surface area is 116 Å². The van der Waals surface area contributed by atoms with Gasteiger partial charge >= 0.3 is 0 Å². The van der Waals surface area contributed by atoms with Gasteiger partial charge in [0.15, 0.2) is 0 Å². The number of para-hydroxylation sites is 1. The van der Waals surface area contributed by atoms with Crippen molar-refractivity contribution in [3.8, 4) is 0 Å². The molecule has 0 amide bonds. The average molecular weight is 256 g/mol. The number of nitrogens with one attached hydrogen (secondary N) is 1. The minimum atomic E-state index is 1.02. The third-order valence-corrected chi connectivity index (χ3v) is 3.47. The monoisotopic (exact) mass is 256 g/mol. The Morgan fingerprint density at radius 1 is 1.32 bits per heavy atom. The molecule has 0 radical (unpaired) electrons. The highest BCUT2D eigenvalue weighted by Gasteiger charge is 2.07. The van der Waals surface area contributed by atoms with Gasteiger partial charge in [-0.05, 0) is 44.5 Å². The van der Waals surface area contributed by atoms with E-state index in [4.69, 9.17) is 0 Å². The number of nitrogens with zero attached hydrogens (tertiary/aromatic N) is 1. The van der Waals surface area contributed by atoms with E-state index in [1.54, 1.807) is 0 Å². The van der Waals surface area contributed by atoms with Crippen LogP contribution in [0, 0.1) is 0 Å². The van der Waals surface area contributed by atoms with Crippen molar-refractivity contribution in [3.05, 3.63) is 48.2 Å². The average Bonchev–Trinajstić information content (AvgIpc) is 2.76. The van der Waals surface area contributed by atoms with E-state index in [0.29, 0.717) is 0 Å². The smallest absolute Gasteiger partial charge is 0.0483 e. The van der Waals surface area contributed by atoms with Crippen LogP contribution in [0.15, 0.2) is 42.6 Å². The van der Waals surface area contributed by atoms with Gasteiger partial charge in [0.25, 0.3) is 0 Å². The maximum Gasteiger partial charge on any atom is 0.0483 e. The van der Waals surface area contributed by atoms with Crippen LogP contribution in [0.2, 0.25) is 0 Å². The molecule has 0 aliphatic heterocycles. The summed E-state index contributed by atoms with van der Waals surface area (Å²) in [6, 6.07) is 8.69. The van der Waals surface area contributed by atoms with Gasteiger partial charge in [-0.3, -0.25) is 0 Å². The molecule has 0 aliphatic rings. The summed E-state index contributed by atoms with van der Waals surface area (Å²) in [5.74, 6) is 0. The molecular weight excluding hydrogens is 232 g/mol. The van der Waals surface area contributed by atoms with E-state index >= 15 is 0 Å². The normalized spacial score (nSPS) is 11.1. The van der Waals surface area contributed by atoms with Gasteiger partial charge in [0, 0.05) is 23.6 Å². The summed E-state index contributed by atoms with van der Waals surface area (Å²) in [5.41, 5.74) is 4.03. The Hall–Kier alpha value is -1.54. The molecule has 0 unspecified atom stereocenters. The molecule has 2 aromatic rings. The Balaban J connectivity index is 2.23. The van der Waals surface area contributed by atoms with Crippen LogP contribution >= 0.6 is 0 Å². The highest BCUT2D eigenvalue weighted by atomic mass is 15.0. The molecule has 2 heteroatoms. The van der Waals surface area contributed by atoms with Crippen LogP contribution in [-0.2, 0) is 13.0 Å². The van der Waals surface area contributed by atoms with Crippen LogP contribution in [0.4, 0.5) is 0 Å². The molecule has 0 saturated heterocycles. The topological polar surface area (TPSA) is 17.0 Å². The summed E-state index contributed by atoms with van der Waals surface area (Å²) >= 11 is 0. The summed E-state index contributed by atoms with van der Waals surface area (Å²) in [5, 5.41) is 4.79. The first-order chi connectivity index (χ1) is 9.22. The molecule has 0 aliphatic carbocycles. The van der Waals surface area contributed by atoms with E-state index in [0.717, 1.165) is 32.5 Å². The summed E-state index contributed by atoms with van der Waals surface area (Å²) < 4.78 is 2.37. The molecule has 1 N–H and O–H groups in total. The van der Waals surface area contributed by atoms with Crippen molar-refractivity contribution in [1.29, 1.82) is 0 Å². The van der Waals surface area contributed by atoms with Crippen molar-refractivity contribution in [2.75, 3.05) is 13.1 Å². The largest absolute Gasteiger partial charge is 0.347 e. The maximum atomic E-state index is 3.99. The third kappa shape index (κ3) is 3.48. The molecule has 0 saturated carbocycles. The van der Waals surface area contributed by atoms with Crippen molar-refractivity contribution in [2.45, 2.75) is 33.2 Å². The Kier molecular flexibility index (Phi) is 4.80. The highest BCUT2D eigenvalue weighted by molar-refractivity contribution is 5.84. The molecule has 0 bridgehead atoms. The molecule has 19 heavy (non-hydrogen) atoms. The Morgan fingerprint density at radius 2 is 2.11 bits per heavy atom. The lowest BCUT2D eigenvalue weighted by Crippen LogP contribution is -2.15. The zero-order valence-electron chi connectivity index (χ0n) is 12.1. The molecule has 0 fully saturated rings. The molecule has 1 heterocycles. The van der Waals surface area contributed by atoms with Crippen LogP contribution < -0.4 is 5.32 Å². The van der Waals surface area contributed by atoms with E-state index in [-0.39, 0.29) is 0 Å². The lowest BCUT2D eigenvalue weighted by Gasteiger charge is -2.04. The fourth-order valence-electron chi connectivity index (χ4n) is 2.42. The number of hydrogen-bond donors (Lipinski definition) is 1. The van der Waals surface area contributed by atoms with Gasteiger partial charge in [0.1, 0.15) is 0 Å². The quantitative estimate of drug-likeness (QED) is 0.589. The lowest BCUT2D eigenvalue weighted by molar-refractivity contribution is 0.700. The molecule has 1 aromatic carbocycles. The highest BCUT2D eigenvalue weighted by Crippen LogP contribution is 2.22. The van der Waals surface area contributed by atoms with Gasteiger partial charge in [-0.25, -0.2) is 0 Å². The van der Waals surface area contributed by atoms with Gasteiger partial charge in [-0.1, -0.05) is 30.7 Å². The number of hydrogen-bond acceptors (Lipinski definition) is 1. The van der Waals surface area contributed by atoms with Gasteiger partial charge < -0.3 is 9.88 Å². The van der Waals surface area contributed by atoms with Gasteiger partial charge in [0.05, 0.1) is 0 Å². The minimum absolute atomic E-state index is 1.02. The summed E-state index contributed by atoms with van der Waals surface area (Å²) in [6.07, 6.45) is 4.45. The van der Waals surface area contributed by atoms with Gasteiger partial charge in [-0.15, -0.1) is 6.58 Å². The number of benzene rings is 1. The second-order valence-corrected chi connectivity index (χ2v) is 5.18. The Bertz CT molecular complexity index is 551. The second kappa shape index (κ2) is 6.58. The fourth-order valence-corrected chi connectivity index (χ4v) is 2.42. The molecule has 0 spiro atoms. The van der Waals surface area contributed by atoms with Crippen molar-refractivity contribution in [1.82, 2.24) is 9.88 Å². The van der Waals surface area contributed by atoms with Crippen LogP contribution in [0.5, 0.6) is 0 Å². The zero-order valence-corrected chi connectivity index (χ0v) is 12.1. The lowest BCUT2D eigenvalue weighted by atomic mass is 10.1. The standard InChI is InChI=1S/C17H24N2/c1-4-18-11-9-15-13-19(12-10-14(2)3)17-8-6-5-7-16(15)17/h5-8,13,18H,2,4,9-12H2,1,3H3. The van der Waals surface area contributed by atoms with Gasteiger partial charge in [-0.2, -0.15) is 0 Å². The summed E-state index contributed by atoms with van der Waals surface area (Å²) in [7, 11) is 0. The first-order valence-electron chi connectivity index (χ1n) is 7.14. The van der Waals surface area contributed by atoms with Crippen molar-refractivity contribution < 1.29 is 0 Å². The SMILES string of the molecule is C=C(C)CCn1cc(CCNCC)c2ccccc21. The summed E-state index contributed by atoms with van der Waals surface area (Å²) in [6.45, 7) is 11.3. The number of aryl methyl sites for hydroxylation is 1. The second-order valence-electron chi connectivity index (χ2n) is 5.18. The number of rotatable bonds is 7. The van der Waals surface area contributed by atoms with E-state index in [1.807, 2.05) is 0 Å². The summed E-state index contributed by atoms with van der Waals surface area (Å²) in [4.78, 5) is 0. The fraction of sp³-hybridized carbons (Fsp3) is 0.412. The zero-order chi connectivity index (χ0) is 13.7. The first kappa shape index (κ1) is 13.9. The van der Waals surface area contributed by atoms with E-state index < -0.39 is 0 Å². The Morgan fingerprint density at radius 3 is 2.84 bits per heavy atom. The predicted octanol–water partition coefficient (Wildman–Crippen LogP) is 3.76. The minimum Gasteiger partial charge on any atom is -0.347 e. The molecular formula is C17H24N2. The number of aromatic nitrogens is 1. The van der Waals surface area contributed by atoms with Crippen LogP contribution in [-0.4, -0.2) is 17.7 Å². The first-order valence-corrected chi connectivity index (χ1v) is 7.14. The van der Waals surface area contributed by atoms with Gasteiger partial charge in [0.2, 0.25) is 0 Å². The van der Waals surface area contributed by atoms with Crippen molar-refractivity contribution in [2.24, 2.45) is 0 Å². The third-order valence-electron chi connectivity index (χ3n) is 3.47. The molecule has 2 rings (SSSR count). The number of fused-ring (bicyclic) bond motifs is 1. The molecule has 102 valence electrons. The van der Waals surface area contributed by atoms with Crippen LogP contribution in [0.1, 0.15) is 25.8 Å².